The molecule has 2 fully saturated rings. The number of alkyl halides is 3. The first-order chi connectivity index (χ1) is 17.3. The molecule has 2 saturated heterocycles. The van der Waals surface area contributed by atoms with E-state index < -0.39 is 12.6 Å². The lowest BCUT2D eigenvalue weighted by Gasteiger charge is -2.40. The number of thiophene rings is 1. The molecule has 2 aliphatic rings. The summed E-state index contributed by atoms with van der Waals surface area (Å²) in [6.45, 7) is 4.78. The van der Waals surface area contributed by atoms with E-state index in [-0.39, 0.29) is 17.0 Å². The van der Waals surface area contributed by atoms with Gasteiger partial charge in [-0.1, -0.05) is 30.3 Å². The van der Waals surface area contributed by atoms with E-state index in [0.29, 0.717) is 22.1 Å². The van der Waals surface area contributed by atoms with Crippen molar-refractivity contribution < 1.29 is 13.2 Å². The van der Waals surface area contributed by atoms with Crippen molar-refractivity contribution in [2.24, 2.45) is 0 Å². The topological polar surface area (TPSA) is 56.3 Å². The SMILES string of the molecule is CN1CCC[C@H]1CN[C@@H]1CN(Cc2ccccc2)CC[C@H]1Nc1ncnc2sc(CC(F)(F)F)cc12. The third-order valence-electron chi connectivity index (χ3n) is 7.31. The van der Waals surface area contributed by atoms with Crippen molar-refractivity contribution in [2.45, 2.75) is 56.5 Å². The summed E-state index contributed by atoms with van der Waals surface area (Å²) >= 11 is 1.09. The van der Waals surface area contributed by atoms with E-state index in [1.165, 1.54) is 24.7 Å². The summed E-state index contributed by atoms with van der Waals surface area (Å²) in [5.74, 6) is 0.621. The fourth-order valence-electron chi connectivity index (χ4n) is 5.39. The lowest BCUT2D eigenvalue weighted by Crippen LogP contribution is -2.57. The van der Waals surface area contributed by atoms with Crippen LogP contribution < -0.4 is 10.6 Å². The number of piperidine rings is 1. The summed E-state index contributed by atoms with van der Waals surface area (Å²) < 4.78 is 38.9. The van der Waals surface area contributed by atoms with E-state index in [1.807, 2.05) is 6.07 Å². The molecule has 0 amide bonds. The minimum Gasteiger partial charge on any atom is -0.365 e. The highest BCUT2D eigenvalue weighted by Gasteiger charge is 2.32. The Morgan fingerprint density at radius 1 is 1.08 bits per heavy atom. The van der Waals surface area contributed by atoms with Gasteiger partial charge in [0.1, 0.15) is 17.0 Å². The normalized spacial score (nSPS) is 23.9. The molecule has 0 radical (unpaired) electrons. The van der Waals surface area contributed by atoms with Crippen molar-refractivity contribution in [3.8, 4) is 0 Å². The van der Waals surface area contributed by atoms with Gasteiger partial charge < -0.3 is 15.5 Å². The van der Waals surface area contributed by atoms with E-state index in [2.05, 4.69) is 61.7 Å². The van der Waals surface area contributed by atoms with Crippen LogP contribution >= 0.6 is 11.3 Å². The number of nitrogens with zero attached hydrogens (tertiary/aromatic N) is 4. The summed E-state index contributed by atoms with van der Waals surface area (Å²) in [5, 5.41) is 8.09. The first kappa shape index (κ1) is 25.4. The number of halogens is 3. The van der Waals surface area contributed by atoms with Crippen LogP contribution in [0.4, 0.5) is 19.0 Å². The van der Waals surface area contributed by atoms with Crippen molar-refractivity contribution in [2.75, 3.05) is 38.5 Å². The maximum absolute atomic E-state index is 13.0. The molecule has 0 saturated carbocycles. The number of fused-ring (bicyclic) bond motifs is 1. The molecule has 0 bridgehead atoms. The third-order valence-corrected chi connectivity index (χ3v) is 8.35. The Labute approximate surface area is 213 Å². The Kier molecular flexibility index (Phi) is 7.76. The maximum Gasteiger partial charge on any atom is 0.393 e. The Morgan fingerprint density at radius 2 is 1.92 bits per heavy atom. The Morgan fingerprint density at radius 3 is 2.67 bits per heavy atom. The minimum atomic E-state index is -4.24. The standard InChI is InChI=1S/C26H33F3N6S/c1-34-10-5-8-19(34)14-30-23-16-35(15-18-6-3-2-4-7-18)11-9-22(23)33-24-21-12-20(13-26(27,28)29)36-25(21)32-17-31-24/h2-4,6-7,12,17,19,22-23,30H,5,8-11,13-16H2,1H3,(H,31,32,33)/t19-,22+,23+/m0/s1. The molecule has 2 N–H and O–H groups in total. The van der Waals surface area contributed by atoms with Crippen LogP contribution in [-0.4, -0.2) is 77.3 Å². The van der Waals surface area contributed by atoms with E-state index in [4.69, 9.17) is 0 Å². The number of hydrogen-bond acceptors (Lipinski definition) is 7. The average molecular weight is 519 g/mol. The number of hydrogen-bond donors (Lipinski definition) is 2. The largest absolute Gasteiger partial charge is 0.393 e. The van der Waals surface area contributed by atoms with Crippen molar-refractivity contribution in [3.63, 3.8) is 0 Å². The first-order valence-corrected chi connectivity index (χ1v) is 13.4. The van der Waals surface area contributed by atoms with Gasteiger partial charge >= 0.3 is 6.18 Å². The summed E-state index contributed by atoms with van der Waals surface area (Å²) in [6.07, 6.45) is -0.395. The molecule has 4 heterocycles. The van der Waals surface area contributed by atoms with Gasteiger partial charge in [0.2, 0.25) is 0 Å². The van der Waals surface area contributed by atoms with Crippen LogP contribution in [0.15, 0.2) is 42.7 Å². The second-order valence-corrected chi connectivity index (χ2v) is 11.1. The fourth-order valence-corrected chi connectivity index (χ4v) is 6.42. The van der Waals surface area contributed by atoms with Crippen LogP contribution in [-0.2, 0) is 13.0 Å². The number of anilines is 1. The van der Waals surface area contributed by atoms with Crippen LogP contribution in [0.5, 0.6) is 0 Å². The summed E-state index contributed by atoms with van der Waals surface area (Å²) in [5.41, 5.74) is 1.30. The van der Waals surface area contributed by atoms with Gasteiger partial charge in [-0.3, -0.25) is 4.90 Å². The van der Waals surface area contributed by atoms with Gasteiger partial charge in [0, 0.05) is 49.2 Å². The zero-order chi connectivity index (χ0) is 25.1. The Bertz CT molecular complexity index is 1140. The Balaban J connectivity index is 1.32. The number of nitrogens with one attached hydrogen (secondary N) is 2. The molecule has 3 aromatic rings. The summed E-state index contributed by atoms with van der Waals surface area (Å²) in [4.78, 5) is 14.4. The van der Waals surface area contributed by atoms with Crippen molar-refractivity contribution in [1.29, 1.82) is 0 Å². The molecule has 0 aliphatic carbocycles. The highest BCUT2D eigenvalue weighted by atomic mass is 32.1. The molecule has 194 valence electrons. The van der Waals surface area contributed by atoms with Gasteiger partial charge in [0.05, 0.1) is 11.8 Å². The van der Waals surface area contributed by atoms with Crippen LogP contribution in [0.3, 0.4) is 0 Å². The number of likely N-dealkylation sites (N-methyl/N-ethyl adjacent to an activating group) is 1. The van der Waals surface area contributed by atoms with Crippen molar-refractivity contribution >= 4 is 27.4 Å². The monoisotopic (exact) mass is 518 g/mol. The van der Waals surface area contributed by atoms with Crippen LogP contribution in [0.2, 0.25) is 0 Å². The smallest absolute Gasteiger partial charge is 0.365 e. The predicted octanol–water partition coefficient (Wildman–Crippen LogP) is 4.53. The number of rotatable bonds is 8. The molecule has 3 atom stereocenters. The van der Waals surface area contributed by atoms with Gasteiger partial charge in [0.25, 0.3) is 0 Å². The molecule has 10 heteroatoms. The van der Waals surface area contributed by atoms with Gasteiger partial charge in [-0.15, -0.1) is 11.3 Å². The van der Waals surface area contributed by atoms with Gasteiger partial charge in [-0.25, -0.2) is 9.97 Å². The predicted molar refractivity (Wildman–Crippen MR) is 138 cm³/mol. The third kappa shape index (κ3) is 6.34. The van der Waals surface area contributed by atoms with Crippen LogP contribution in [0.1, 0.15) is 29.7 Å². The second kappa shape index (κ2) is 11.0. The average Bonchev–Trinajstić information content (AvgIpc) is 3.44. The first-order valence-electron chi connectivity index (χ1n) is 12.6. The molecule has 0 spiro atoms. The summed E-state index contributed by atoms with van der Waals surface area (Å²) in [6, 6.07) is 12.9. The molecule has 36 heavy (non-hydrogen) atoms. The summed E-state index contributed by atoms with van der Waals surface area (Å²) in [7, 11) is 2.18. The minimum absolute atomic E-state index is 0.118. The molecule has 0 unspecified atom stereocenters. The molecule has 2 aliphatic heterocycles. The van der Waals surface area contributed by atoms with Crippen molar-refractivity contribution in [3.05, 3.63) is 53.2 Å². The highest BCUT2D eigenvalue weighted by molar-refractivity contribution is 7.18. The van der Waals surface area contributed by atoms with Gasteiger partial charge in [-0.2, -0.15) is 13.2 Å². The van der Waals surface area contributed by atoms with E-state index in [1.54, 1.807) is 6.07 Å². The molecular weight excluding hydrogens is 485 g/mol. The van der Waals surface area contributed by atoms with Gasteiger partial charge in [0.15, 0.2) is 0 Å². The van der Waals surface area contributed by atoms with Crippen LogP contribution in [0.25, 0.3) is 10.2 Å². The number of likely N-dealkylation sites (tertiary alicyclic amines) is 2. The lowest BCUT2D eigenvalue weighted by atomic mass is 9.97. The van der Waals surface area contributed by atoms with E-state index in [9.17, 15) is 13.2 Å². The molecule has 2 aromatic heterocycles. The van der Waals surface area contributed by atoms with E-state index >= 15 is 0 Å². The Hall–Kier alpha value is -2.27. The zero-order valence-electron chi connectivity index (χ0n) is 20.5. The molecule has 5 rings (SSSR count). The lowest BCUT2D eigenvalue weighted by molar-refractivity contribution is -0.126. The molecule has 1 aromatic carbocycles. The quantitative estimate of drug-likeness (QED) is 0.457. The van der Waals surface area contributed by atoms with Gasteiger partial charge in [-0.05, 0) is 44.5 Å². The number of benzene rings is 1. The highest BCUT2D eigenvalue weighted by Crippen LogP contribution is 2.33. The zero-order valence-corrected chi connectivity index (χ0v) is 21.3. The second-order valence-electron chi connectivity index (χ2n) is 10.00. The molecular formula is C26H33F3N6S. The maximum atomic E-state index is 13.0. The van der Waals surface area contributed by atoms with Crippen LogP contribution in [0, 0.1) is 0 Å². The fraction of sp³-hybridized carbons (Fsp3) is 0.538. The van der Waals surface area contributed by atoms with Crippen molar-refractivity contribution in [1.82, 2.24) is 25.1 Å². The van der Waals surface area contributed by atoms with E-state index in [0.717, 1.165) is 50.5 Å². The number of aromatic nitrogens is 2. The molecule has 6 nitrogen and oxygen atoms in total.